The normalized spacial score (nSPS) is 10.6. The van der Waals surface area contributed by atoms with Gasteiger partial charge in [-0.05, 0) is 43.3 Å². The third-order valence-electron chi connectivity index (χ3n) is 4.30. The lowest BCUT2D eigenvalue weighted by atomic mass is 10.1. The van der Waals surface area contributed by atoms with Gasteiger partial charge in [0.15, 0.2) is 11.5 Å². The molecule has 0 spiro atoms. The molecule has 146 valence electrons. The van der Waals surface area contributed by atoms with Crippen molar-refractivity contribution in [1.82, 2.24) is 4.90 Å². The second-order valence-electron chi connectivity index (χ2n) is 6.27. The highest BCUT2D eigenvalue weighted by Gasteiger charge is 2.08. The van der Waals surface area contributed by atoms with Gasteiger partial charge < -0.3 is 24.4 Å². The van der Waals surface area contributed by atoms with Crippen molar-refractivity contribution in [3.8, 4) is 17.2 Å². The number of hydrogen-bond acceptors (Lipinski definition) is 5. The monoisotopic (exact) mass is 372 g/mol. The number of ether oxygens (including phenoxy) is 3. The number of benzene rings is 2. The minimum atomic E-state index is -0.0128. The summed E-state index contributed by atoms with van der Waals surface area (Å²) in [5.41, 5.74) is 1.91. The highest BCUT2D eigenvalue weighted by Crippen LogP contribution is 2.27. The fraction of sp³-hybridized carbons (Fsp3) is 0.381. The molecule has 0 radical (unpaired) electrons. The maximum absolute atomic E-state index is 12.1. The van der Waals surface area contributed by atoms with Crippen LogP contribution in [-0.4, -0.2) is 52.3 Å². The Labute approximate surface area is 161 Å². The van der Waals surface area contributed by atoms with Crippen molar-refractivity contribution in [2.75, 3.05) is 46.8 Å². The molecule has 0 saturated carbocycles. The van der Waals surface area contributed by atoms with Crippen molar-refractivity contribution in [2.24, 2.45) is 0 Å². The molecule has 0 aliphatic rings. The van der Waals surface area contributed by atoms with E-state index < -0.39 is 0 Å². The van der Waals surface area contributed by atoms with Crippen molar-refractivity contribution in [3.05, 3.63) is 48.0 Å². The van der Waals surface area contributed by atoms with Crippen LogP contribution in [0.1, 0.15) is 12.0 Å². The lowest BCUT2D eigenvalue weighted by Crippen LogP contribution is -2.26. The number of likely N-dealkylation sites (N-methyl/N-ethyl adjacent to an activating group) is 1. The number of nitrogens with one attached hydrogen (secondary N) is 1. The predicted octanol–water partition coefficient (Wildman–Crippen LogP) is 3.22. The van der Waals surface area contributed by atoms with Gasteiger partial charge in [0.2, 0.25) is 5.91 Å². The van der Waals surface area contributed by atoms with Crippen molar-refractivity contribution < 1.29 is 19.0 Å². The Hall–Kier alpha value is -2.73. The zero-order valence-corrected chi connectivity index (χ0v) is 16.5. The Bertz CT molecular complexity index is 749. The molecule has 0 aromatic heterocycles. The molecule has 27 heavy (non-hydrogen) atoms. The molecule has 1 amide bonds. The van der Waals surface area contributed by atoms with Crippen LogP contribution in [0, 0.1) is 0 Å². The van der Waals surface area contributed by atoms with Gasteiger partial charge in [-0.15, -0.1) is 0 Å². The van der Waals surface area contributed by atoms with E-state index in [0.717, 1.165) is 35.9 Å². The van der Waals surface area contributed by atoms with E-state index >= 15 is 0 Å². The highest BCUT2D eigenvalue weighted by molar-refractivity contribution is 5.91. The number of carbonyl (C=O) groups excluding carboxylic acids is 1. The first-order valence-corrected chi connectivity index (χ1v) is 8.89. The summed E-state index contributed by atoms with van der Waals surface area (Å²) < 4.78 is 15.8. The molecule has 0 aliphatic heterocycles. The average Bonchev–Trinajstić information content (AvgIpc) is 2.70. The second kappa shape index (κ2) is 10.4. The first kappa shape index (κ1) is 20.6. The van der Waals surface area contributed by atoms with Crippen LogP contribution in [-0.2, 0) is 11.2 Å². The van der Waals surface area contributed by atoms with Gasteiger partial charge in [-0.3, -0.25) is 4.79 Å². The molecule has 0 saturated heterocycles. The Kier molecular flexibility index (Phi) is 7.95. The quantitative estimate of drug-likeness (QED) is 0.694. The number of amides is 1. The lowest BCUT2D eigenvalue weighted by Gasteiger charge is -2.17. The average molecular weight is 372 g/mol. The maximum atomic E-state index is 12.1. The van der Waals surface area contributed by atoms with E-state index in [-0.39, 0.29) is 5.91 Å². The standard InChI is InChI=1S/C21H28N2O4/c1-23(12-10-16-8-9-19(26-3)20(14-16)27-4)13-11-21(24)22-17-6-5-7-18(15-17)25-2/h5-9,14-15H,10-13H2,1-4H3,(H,22,24). The first-order chi connectivity index (χ1) is 13.0. The third-order valence-corrected chi connectivity index (χ3v) is 4.30. The lowest BCUT2D eigenvalue weighted by molar-refractivity contribution is -0.116. The number of methoxy groups -OCH3 is 3. The number of nitrogens with zero attached hydrogens (tertiary/aromatic N) is 1. The zero-order chi connectivity index (χ0) is 19.6. The number of rotatable bonds is 10. The van der Waals surface area contributed by atoms with Crippen molar-refractivity contribution in [2.45, 2.75) is 12.8 Å². The van der Waals surface area contributed by atoms with Gasteiger partial charge in [0.05, 0.1) is 21.3 Å². The second-order valence-corrected chi connectivity index (χ2v) is 6.27. The van der Waals surface area contributed by atoms with Crippen molar-refractivity contribution in [1.29, 1.82) is 0 Å². The molecular formula is C21H28N2O4. The SMILES string of the molecule is COc1cccc(NC(=O)CCN(C)CCc2ccc(OC)c(OC)c2)c1. The number of anilines is 1. The van der Waals surface area contributed by atoms with Crippen LogP contribution in [0.4, 0.5) is 5.69 Å². The molecule has 2 rings (SSSR count). The summed E-state index contributed by atoms with van der Waals surface area (Å²) in [6.45, 7) is 1.53. The summed E-state index contributed by atoms with van der Waals surface area (Å²) >= 11 is 0. The van der Waals surface area contributed by atoms with Crippen LogP contribution in [0.25, 0.3) is 0 Å². The highest BCUT2D eigenvalue weighted by atomic mass is 16.5. The van der Waals surface area contributed by atoms with E-state index in [0.29, 0.717) is 13.0 Å². The largest absolute Gasteiger partial charge is 0.497 e. The van der Waals surface area contributed by atoms with Gasteiger partial charge in [0.1, 0.15) is 5.75 Å². The van der Waals surface area contributed by atoms with Crippen LogP contribution >= 0.6 is 0 Å². The minimum absolute atomic E-state index is 0.0128. The molecule has 2 aromatic rings. The van der Waals surface area contributed by atoms with Crippen LogP contribution in [0.2, 0.25) is 0 Å². The van der Waals surface area contributed by atoms with E-state index in [1.807, 2.05) is 43.4 Å². The van der Waals surface area contributed by atoms with E-state index in [1.165, 1.54) is 5.56 Å². The smallest absolute Gasteiger partial charge is 0.225 e. The third kappa shape index (κ3) is 6.49. The Morgan fingerprint density at radius 2 is 1.74 bits per heavy atom. The molecule has 6 heteroatoms. The predicted molar refractivity (Wildman–Crippen MR) is 107 cm³/mol. The molecule has 2 aromatic carbocycles. The van der Waals surface area contributed by atoms with E-state index in [4.69, 9.17) is 14.2 Å². The fourth-order valence-corrected chi connectivity index (χ4v) is 2.68. The van der Waals surface area contributed by atoms with Crippen LogP contribution in [0.3, 0.4) is 0 Å². The summed E-state index contributed by atoms with van der Waals surface area (Å²) in [5.74, 6) is 2.17. The van der Waals surface area contributed by atoms with Gasteiger partial charge in [-0.1, -0.05) is 12.1 Å². The van der Waals surface area contributed by atoms with Crippen molar-refractivity contribution >= 4 is 11.6 Å². The summed E-state index contributed by atoms with van der Waals surface area (Å²) in [6.07, 6.45) is 1.30. The molecule has 0 unspecified atom stereocenters. The molecule has 1 N–H and O–H groups in total. The number of carbonyl (C=O) groups is 1. The summed E-state index contributed by atoms with van der Waals surface area (Å²) in [5, 5.41) is 2.90. The first-order valence-electron chi connectivity index (χ1n) is 8.89. The van der Waals surface area contributed by atoms with E-state index in [1.54, 1.807) is 27.4 Å². The van der Waals surface area contributed by atoms with Gasteiger partial charge >= 0.3 is 0 Å². The summed E-state index contributed by atoms with van der Waals surface area (Å²) in [4.78, 5) is 14.3. The van der Waals surface area contributed by atoms with Gasteiger partial charge in [0.25, 0.3) is 0 Å². The van der Waals surface area contributed by atoms with Crippen LogP contribution < -0.4 is 19.5 Å². The molecular weight excluding hydrogens is 344 g/mol. The van der Waals surface area contributed by atoms with Crippen LogP contribution in [0.15, 0.2) is 42.5 Å². The number of hydrogen-bond donors (Lipinski definition) is 1. The van der Waals surface area contributed by atoms with Gasteiger partial charge in [-0.25, -0.2) is 0 Å². The topological polar surface area (TPSA) is 60.0 Å². The van der Waals surface area contributed by atoms with Crippen LogP contribution in [0.5, 0.6) is 17.2 Å². The van der Waals surface area contributed by atoms with Gasteiger partial charge in [0, 0.05) is 31.3 Å². The molecule has 0 fully saturated rings. The summed E-state index contributed by atoms with van der Waals surface area (Å²) in [7, 11) is 6.88. The molecule has 6 nitrogen and oxygen atoms in total. The fourth-order valence-electron chi connectivity index (χ4n) is 2.68. The molecule has 0 heterocycles. The van der Waals surface area contributed by atoms with Gasteiger partial charge in [-0.2, -0.15) is 0 Å². The molecule has 0 atom stereocenters. The Balaban J connectivity index is 1.77. The Morgan fingerprint density at radius 3 is 2.44 bits per heavy atom. The minimum Gasteiger partial charge on any atom is -0.497 e. The van der Waals surface area contributed by atoms with E-state index in [2.05, 4.69) is 10.2 Å². The Morgan fingerprint density at radius 1 is 0.963 bits per heavy atom. The van der Waals surface area contributed by atoms with Crippen molar-refractivity contribution in [3.63, 3.8) is 0 Å². The zero-order valence-electron chi connectivity index (χ0n) is 16.5. The molecule has 0 bridgehead atoms. The van der Waals surface area contributed by atoms with E-state index in [9.17, 15) is 4.79 Å². The molecule has 0 aliphatic carbocycles. The summed E-state index contributed by atoms with van der Waals surface area (Å²) in [6, 6.07) is 13.3. The maximum Gasteiger partial charge on any atom is 0.225 e.